The molecule has 6 nitrogen and oxygen atoms in total. The molecule has 2 aromatic rings. The molecule has 4 rings (SSSR count). The standard InChI is InChI=1S/C24H33N5O/c1-18(11-14-25)27-15-12-20(13-16-27)29-23(19-7-3-2-4-8-19)17-28(24(29)30)22-10-6-5-9-21(22)26/h2-10,18,20,23H,11-17,25-26H2,1H3. The Morgan fingerprint density at radius 2 is 1.70 bits per heavy atom. The average Bonchev–Trinajstić information content (AvgIpc) is 3.12. The molecule has 4 N–H and O–H groups in total. The van der Waals surface area contributed by atoms with Crippen LogP contribution in [-0.4, -0.2) is 54.1 Å². The maximum atomic E-state index is 13.6. The van der Waals surface area contributed by atoms with E-state index in [-0.39, 0.29) is 18.1 Å². The molecule has 30 heavy (non-hydrogen) atoms. The molecule has 0 radical (unpaired) electrons. The number of rotatable bonds is 6. The van der Waals surface area contributed by atoms with Gasteiger partial charge in [-0.3, -0.25) is 4.90 Å². The summed E-state index contributed by atoms with van der Waals surface area (Å²) in [6.07, 6.45) is 2.99. The van der Waals surface area contributed by atoms with Crippen molar-refractivity contribution in [2.24, 2.45) is 5.73 Å². The van der Waals surface area contributed by atoms with Crippen molar-refractivity contribution in [2.45, 2.75) is 44.3 Å². The van der Waals surface area contributed by atoms with Gasteiger partial charge in [0.1, 0.15) is 0 Å². The Morgan fingerprint density at radius 3 is 2.37 bits per heavy atom. The molecule has 2 aliphatic heterocycles. The molecule has 0 spiro atoms. The van der Waals surface area contributed by atoms with E-state index in [1.54, 1.807) is 0 Å². The normalized spacial score (nSPS) is 21.9. The number of anilines is 2. The Labute approximate surface area is 179 Å². The summed E-state index contributed by atoms with van der Waals surface area (Å²) in [5, 5.41) is 0. The smallest absolute Gasteiger partial charge is 0.325 e. The predicted octanol–water partition coefficient (Wildman–Crippen LogP) is 3.45. The highest BCUT2D eigenvalue weighted by Gasteiger charge is 2.43. The van der Waals surface area contributed by atoms with Crippen molar-refractivity contribution in [1.29, 1.82) is 0 Å². The number of nitrogen functional groups attached to an aromatic ring is 1. The molecule has 2 amide bonds. The summed E-state index contributed by atoms with van der Waals surface area (Å²) in [5.41, 5.74) is 14.6. The molecule has 2 aromatic carbocycles. The minimum atomic E-state index is 0.0383. The summed E-state index contributed by atoms with van der Waals surface area (Å²) in [5.74, 6) is 0. The number of para-hydroxylation sites is 2. The van der Waals surface area contributed by atoms with E-state index in [0.29, 0.717) is 18.3 Å². The van der Waals surface area contributed by atoms with Gasteiger partial charge < -0.3 is 21.3 Å². The van der Waals surface area contributed by atoms with Crippen LogP contribution in [0.15, 0.2) is 54.6 Å². The molecule has 0 bridgehead atoms. The van der Waals surface area contributed by atoms with E-state index in [0.717, 1.165) is 44.6 Å². The second-order valence-corrected chi connectivity index (χ2v) is 8.48. The zero-order valence-electron chi connectivity index (χ0n) is 17.8. The van der Waals surface area contributed by atoms with Crippen molar-refractivity contribution in [3.05, 3.63) is 60.2 Å². The van der Waals surface area contributed by atoms with Crippen LogP contribution in [0, 0.1) is 0 Å². The van der Waals surface area contributed by atoms with Crippen molar-refractivity contribution in [3.63, 3.8) is 0 Å². The summed E-state index contributed by atoms with van der Waals surface area (Å²) in [4.78, 5) is 20.1. The van der Waals surface area contributed by atoms with Crippen molar-refractivity contribution in [3.8, 4) is 0 Å². The summed E-state index contributed by atoms with van der Waals surface area (Å²) < 4.78 is 0. The van der Waals surface area contributed by atoms with Gasteiger partial charge in [0.25, 0.3) is 0 Å². The number of nitrogens with zero attached hydrogens (tertiary/aromatic N) is 3. The maximum absolute atomic E-state index is 13.6. The first-order chi connectivity index (χ1) is 14.6. The number of carbonyl (C=O) groups excluding carboxylic acids is 1. The molecular weight excluding hydrogens is 374 g/mol. The van der Waals surface area contributed by atoms with E-state index in [4.69, 9.17) is 11.5 Å². The predicted molar refractivity (Wildman–Crippen MR) is 122 cm³/mol. The second-order valence-electron chi connectivity index (χ2n) is 8.48. The van der Waals surface area contributed by atoms with Gasteiger partial charge in [-0.05, 0) is 50.4 Å². The number of urea groups is 1. The third-order valence-electron chi connectivity index (χ3n) is 6.66. The molecule has 6 heteroatoms. The minimum Gasteiger partial charge on any atom is -0.397 e. The van der Waals surface area contributed by atoms with Crippen molar-refractivity contribution < 1.29 is 4.79 Å². The number of piperidine rings is 1. The van der Waals surface area contributed by atoms with Gasteiger partial charge in [-0.2, -0.15) is 0 Å². The fourth-order valence-electron chi connectivity index (χ4n) is 4.93. The Bertz CT molecular complexity index is 850. The van der Waals surface area contributed by atoms with Crippen LogP contribution >= 0.6 is 0 Å². The molecule has 2 saturated heterocycles. The zero-order valence-corrected chi connectivity index (χ0v) is 17.8. The first kappa shape index (κ1) is 20.7. The van der Waals surface area contributed by atoms with Crippen LogP contribution in [0.3, 0.4) is 0 Å². The quantitative estimate of drug-likeness (QED) is 0.719. The molecule has 0 aromatic heterocycles. The van der Waals surface area contributed by atoms with E-state index in [1.165, 1.54) is 5.56 Å². The highest BCUT2D eigenvalue weighted by Crippen LogP contribution is 2.38. The van der Waals surface area contributed by atoms with Gasteiger partial charge in [-0.15, -0.1) is 0 Å². The van der Waals surface area contributed by atoms with E-state index in [1.807, 2.05) is 35.2 Å². The molecular formula is C24H33N5O. The van der Waals surface area contributed by atoms with E-state index in [2.05, 4.69) is 41.0 Å². The van der Waals surface area contributed by atoms with E-state index < -0.39 is 0 Å². The van der Waals surface area contributed by atoms with Gasteiger partial charge in [0.2, 0.25) is 0 Å². The first-order valence-electron chi connectivity index (χ1n) is 11.0. The lowest BCUT2D eigenvalue weighted by molar-refractivity contribution is 0.0941. The average molecular weight is 408 g/mol. The van der Waals surface area contributed by atoms with Gasteiger partial charge >= 0.3 is 6.03 Å². The Hall–Kier alpha value is -2.57. The van der Waals surface area contributed by atoms with Gasteiger partial charge in [0.15, 0.2) is 0 Å². The SMILES string of the molecule is CC(CCN)N1CCC(N2C(=O)N(c3ccccc3N)CC2c2ccccc2)CC1. The third-order valence-corrected chi connectivity index (χ3v) is 6.66. The molecule has 2 fully saturated rings. The van der Waals surface area contributed by atoms with Crippen LogP contribution in [0.25, 0.3) is 0 Å². The van der Waals surface area contributed by atoms with Crippen LogP contribution in [0.1, 0.15) is 37.8 Å². The molecule has 0 saturated carbocycles. The Balaban J connectivity index is 1.58. The second kappa shape index (κ2) is 9.06. The number of nitrogens with two attached hydrogens (primary N) is 2. The highest BCUT2D eigenvalue weighted by atomic mass is 16.2. The fourth-order valence-corrected chi connectivity index (χ4v) is 4.93. The topological polar surface area (TPSA) is 78.8 Å². The number of likely N-dealkylation sites (tertiary alicyclic amines) is 1. The van der Waals surface area contributed by atoms with Gasteiger partial charge in [-0.1, -0.05) is 42.5 Å². The van der Waals surface area contributed by atoms with Gasteiger partial charge in [0, 0.05) is 25.2 Å². The molecule has 2 atom stereocenters. The number of benzene rings is 2. The Morgan fingerprint density at radius 1 is 1.03 bits per heavy atom. The molecule has 2 aliphatic rings. The van der Waals surface area contributed by atoms with Crippen molar-refractivity contribution >= 4 is 17.4 Å². The highest BCUT2D eigenvalue weighted by molar-refractivity contribution is 5.97. The number of hydrogen-bond acceptors (Lipinski definition) is 4. The molecule has 2 unspecified atom stereocenters. The monoisotopic (exact) mass is 407 g/mol. The molecule has 0 aliphatic carbocycles. The number of carbonyl (C=O) groups is 1. The summed E-state index contributed by atoms with van der Waals surface area (Å²) in [7, 11) is 0. The summed E-state index contributed by atoms with van der Waals surface area (Å²) in [6, 6.07) is 18.9. The van der Waals surface area contributed by atoms with Crippen LogP contribution in [0.2, 0.25) is 0 Å². The molecule has 160 valence electrons. The first-order valence-corrected chi connectivity index (χ1v) is 11.0. The van der Waals surface area contributed by atoms with E-state index in [9.17, 15) is 4.79 Å². The summed E-state index contributed by atoms with van der Waals surface area (Å²) in [6.45, 7) is 5.60. The van der Waals surface area contributed by atoms with Crippen LogP contribution in [0.4, 0.5) is 16.2 Å². The number of amides is 2. The van der Waals surface area contributed by atoms with Crippen LogP contribution < -0.4 is 16.4 Å². The summed E-state index contributed by atoms with van der Waals surface area (Å²) >= 11 is 0. The zero-order chi connectivity index (χ0) is 21.1. The number of hydrogen-bond donors (Lipinski definition) is 2. The lowest BCUT2D eigenvalue weighted by Gasteiger charge is -2.41. The molecule has 2 heterocycles. The van der Waals surface area contributed by atoms with Crippen LogP contribution in [-0.2, 0) is 0 Å². The maximum Gasteiger partial charge on any atom is 0.325 e. The lowest BCUT2D eigenvalue weighted by Crippen LogP contribution is -2.49. The lowest BCUT2D eigenvalue weighted by atomic mass is 9.98. The Kier molecular flexibility index (Phi) is 6.25. The van der Waals surface area contributed by atoms with Crippen molar-refractivity contribution in [1.82, 2.24) is 9.80 Å². The minimum absolute atomic E-state index is 0.0383. The largest absolute Gasteiger partial charge is 0.397 e. The van der Waals surface area contributed by atoms with Crippen LogP contribution in [0.5, 0.6) is 0 Å². The fraction of sp³-hybridized carbons (Fsp3) is 0.458. The van der Waals surface area contributed by atoms with E-state index >= 15 is 0 Å². The van der Waals surface area contributed by atoms with Gasteiger partial charge in [0.05, 0.1) is 24.0 Å². The third kappa shape index (κ3) is 4.02. The van der Waals surface area contributed by atoms with Crippen molar-refractivity contribution in [2.75, 3.05) is 36.8 Å². The van der Waals surface area contributed by atoms with Gasteiger partial charge in [-0.25, -0.2) is 4.79 Å².